The first-order valence-electron chi connectivity index (χ1n) is 7.78. The van der Waals surface area contributed by atoms with Crippen molar-refractivity contribution >= 4 is 23.3 Å². The van der Waals surface area contributed by atoms with Gasteiger partial charge in [0.15, 0.2) is 6.04 Å². The van der Waals surface area contributed by atoms with Crippen molar-refractivity contribution in [2.45, 2.75) is 13.0 Å². The molecule has 26 heavy (non-hydrogen) atoms. The molecule has 0 aliphatic heterocycles. The van der Waals surface area contributed by atoms with Crippen molar-refractivity contribution in [2.75, 3.05) is 24.9 Å². The predicted molar refractivity (Wildman–Crippen MR) is 96.8 cm³/mol. The van der Waals surface area contributed by atoms with E-state index in [0.717, 1.165) is 0 Å². The molecule has 0 spiro atoms. The number of anilines is 2. The highest BCUT2D eigenvalue weighted by atomic mass is 16.5. The van der Waals surface area contributed by atoms with E-state index in [1.54, 1.807) is 42.5 Å². The van der Waals surface area contributed by atoms with Gasteiger partial charge in [0.2, 0.25) is 5.91 Å². The number of methoxy groups -OCH3 is 2. The molecule has 0 radical (unpaired) electrons. The van der Waals surface area contributed by atoms with Crippen LogP contribution in [0, 0.1) is 11.3 Å². The fourth-order valence-electron chi connectivity index (χ4n) is 2.40. The van der Waals surface area contributed by atoms with Gasteiger partial charge in [0.05, 0.1) is 31.5 Å². The van der Waals surface area contributed by atoms with Gasteiger partial charge < -0.3 is 20.1 Å². The molecule has 7 nitrogen and oxygen atoms in total. The molecule has 2 aromatic carbocycles. The summed E-state index contributed by atoms with van der Waals surface area (Å²) in [6, 6.07) is 13.0. The van der Waals surface area contributed by atoms with Crippen LogP contribution in [0.2, 0.25) is 0 Å². The summed E-state index contributed by atoms with van der Waals surface area (Å²) < 4.78 is 10.1. The lowest BCUT2D eigenvalue weighted by Gasteiger charge is -2.20. The molecule has 1 unspecified atom stereocenters. The van der Waals surface area contributed by atoms with Crippen molar-refractivity contribution in [3.63, 3.8) is 0 Å². The number of amides is 1. The number of ether oxygens (including phenoxy) is 2. The van der Waals surface area contributed by atoms with Gasteiger partial charge in [-0.1, -0.05) is 6.07 Å². The van der Waals surface area contributed by atoms with Crippen molar-refractivity contribution in [2.24, 2.45) is 0 Å². The van der Waals surface area contributed by atoms with E-state index in [1.165, 1.54) is 21.1 Å². The topological polar surface area (TPSA) is 100 Å². The second-order valence-electron chi connectivity index (χ2n) is 5.43. The molecular formula is C19H19N3O4. The Kier molecular flexibility index (Phi) is 6.17. The van der Waals surface area contributed by atoms with E-state index in [-0.39, 0.29) is 5.91 Å². The van der Waals surface area contributed by atoms with Crippen molar-refractivity contribution in [1.29, 1.82) is 5.26 Å². The summed E-state index contributed by atoms with van der Waals surface area (Å²) in [4.78, 5) is 23.7. The van der Waals surface area contributed by atoms with Gasteiger partial charge in [0, 0.05) is 12.6 Å². The Morgan fingerprint density at radius 2 is 1.81 bits per heavy atom. The average Bonchev–Trinajstić information content (AvgIpc) is 2.65. The van der Waals surface area contributed by atoms with E-state index >= 15 is 0 Å². The standard InChI is InChI=1S/C19H19N3O4/c1-12(23)21-16-10-14(6-9-17(16)25-2)18(19(24)26-3)22-15-7-4-13(11-20)5-8-15/h4-10,18,22H,1-3H3,(H,21,23). The second-order valence-corrected chi connectivity index (χ2v) is 5.43. The summed E-state index contributed by atoms with van der Waals surface area (Å²) in [5.74, 6) is -0.269. The third kappa shape index (κ3) is 4.51. The highest BCUT2D eigenvalue weighted by Crippen LogP contribution is 2.30. The number of esters is 1. The zero-order valence-electron chi connectivity index (χ0n) is 14.7. The monoisotopic (exact) mass is 353 g/mol. The number of hydrogen-bond donors (Lipinski definition) is 2. The van der Waals surface area contributed by atoms with Gasteiger partial charge in [0.1, 0.15) is 5.75 Å². The van der Waals surface area contributed by atoms with Gasteiger partial charge in [-0.15, -0.1) is 0 Å². The van der Waals surface area contributed by atoms with Gasteiger partial charge in [-0.3, -0.25) is 4.79 Å². The summed E-state index contributed by atoms with van der Waals surface area (Å²) in [5, 5.41) is 14.6. The average molecular weight is 353 g/mol. The predicted octanol–water partition coefficient (Wildman–Crippen LogP) is 2.85. The van der Waals surface area contributed by atoms with Crippen LogP contribution >= 0.6 is 0 Å². The van der Waals surface area contributed by atoms with Gasteiger partial charge >= 0.3 is 5.97 Å². The van der Waals surface area contributed by atoms with Gasteiger partial charge in [-0.2, -0.15) is 5.26 Å². The third-order valence-electron chi connectivity index (χ3n) is 3.63. The van der Waals surface area contributed by atoms with Gasteiger partial charge in [-0.05, 0) is 42.0 Å². The molecule has 0 fully saturated rings. The van der Waals surface area contributed by atoms with E-state index in [4.69, 9.17) is 14.7 Å². The van der Waals surface area contributed by atoms with Gasteiger partial charge in [0.25, 0.3) is 0 Å². The molecule has 1 amide bonds. The number of hydrogen-bond acceptors (Lipinski definition) is 6. The van der Waals surface area contributed by atoms with Crippen molar-refractivity contribution in [1.82, 2.24) is 0 Å². The van der Waals surface area contributed by atoms with Crippen LogP contribution in [0.4, 0.5) is 11.4 Å². The molecular weight excluding hydrogens is 334 g/mol. The fraction of sp³-hybridized carbons (Fsp3) is 0.211. The number of rotatable bonds is 6. The quantitative estimate of drug-likeness (QED) is 0.775. The van der Waals surface area contributed by atoms with E-state index in [0.29, 0.717) is 28.3 Å². The first-order chi connectivity index (χ1) is 12.5. The van der Waals surface area contributed by atoms with Crippen molar-refractivity contribution < 1.29 is 19.1 Å². The normalized spacial score (nSPS) is 11.0. The molecule has 1 atom stereocenters. The van der Waals surface area contributed by atoms with Crippen LogP contribution in [-0.4, -0.2) is 26.1 Å². The number of nitrogens with one attached hydrogen (secondary N) is 2. The SMILES string of the molecule is COC(=O)C(Nc1ccc(C#N)cc1)c1ccc(OC)c(NC(C)=O)c1. The lowest BCUT2D eigenvalue weighted by atomic mass is 10.0. The lowest BCUT2D eigenvalue weighted by molar-refractivity contribution is -0.141. The Labute approximate surface area is 151 Å². The highest BCUT2D eigenvalue weighted by molar-refractivity contribution is 5.91. The summed E-state index contributed by atoms with van der Waals surface area (Å²) in [6.07, 6.45) is 0. The van der Waals surface area contributed by atoms with E-state index in [9.17, 15) is 9.59 Å². The minimum absolute atomic E-state index is 0.255. The van der Waals surface area contributed by atoms with Crippen LogP contribution in [0.3, 0.4) is 0 Å². The molecule has 0 heterocycles. The smallest absolute Gasteiger partial charge is 0.332 e. The van der Waals surface area contributed by atoms with Gasteiger partial charge in [-0.25, -0.2) is 4.79 Å². The van der Waals surface area contributed by atoms with E-state index in [2.05, 4.69) is 10.6 Å². The first-order valence-corrected chi connectivity index (χ1v) is 7.78. The summed E-state index contributed by atoms with van der Waals surface area (Å²) in [6.45, 7) is 1.39. The molecule has 0 saturated carbocycles. The molecule has 134 valence electrons. The maximum atomic E-state index is 12.3. The Hall–Kier alpha value is -3.53. The Balaban J connectivity index is 2.38. The largest absolute Gasteiger partial charge is 0.495 e. The molecule has 0 aliphatic rings. The first kappa shape index (κ1) is 18.8. The summed E-state index contributed by atoms with van der Waals surface area (Å²) in [5.41, 5.74) is 2.21. The van der Waals surface area contributed by atoms with Crippen LogP contribution in [0.15, 0.2) is 42.5 Å². The van der Waals surface area contributed by atoms with E-state index in [1.807, 2.05) is 6.07 Å². The molecule has 0 saturated heterocycles. The number of carbonyl (C=O) groups excluding carboxylic acids is 2. The number of nitrogens with zero attached hydrogens (tertiary/aromatic N) is 1. The zero-order chi connectivity index (χ0) is 19.1. The third-order valence-corrected chi connectivity index (χ3v) is 3.63. The summed E-state index contributed by atoms with van der Waals surface area (Å²) in [7, 11) is 2.79. The van der Waals surface area contributed by atoms with Crippen LogP contribution in [-0.2, 0) is 14.3 Å². The Bertz CT molecular complexity index is 841. The van der Waals surface area contributed by atoms with Crippen molar-refractivity contribution in [3.05, 3.63) is 53.6 Å². The lowest BCUT2D eigenvalue weighted by Crippen LogP contribution is -2.22. The van der Waals surface area contributed by atoms with Crippen LogP contribution < -0.4 is 15.4 Å². The molecule has 0 bridgehead atoms. The highest BCUT2D eigenvalue weighted by Gasteiger charge is 2.23. The van der Waals surface area contributed by atoms with Crippen molar-refractivity contribution in [3.8, 4) is 11.8 Å². The molecule has 2 aromatic rings. The maximum absolute atomic E-state index is 12.3. The number of carbonyl (C=O) groups is 2. The maximum Gasteiger partial charge on any atom is 0.332 e. The molecule has 2 N–H and O–H groups in total. The fourth-order valence-corrected chi connectivity index (χ4v) is 2.40. The van der Waals surface area contributed by atoms with Crippen LogP contribution in [0.5, 0.6) is 5.75 Å². The molecule has 2 rings (SSSR count). The second kappa shape index (κ2) is 8.53. The Morgan fingerprint density at radius 3 is 2.35 bits per heavy atom. The minimum Gasteiger partial charge on any atom is -0.495 e. The van der Waals surface area contributed by atoms with E-state index < -0.39 is 12.0 Å². The Morgan fingerprint density at radius 1 is 1.12 bits per heavy atom. The number of nitriles is 1. The van der Waals surface area contributed by atoms with Crippen LogP contribution in [0.1, 0.15) is 24.1 Å². The molecule has 0 aromatic heterocycles. The van der Waals surface area contributed by atoms with Crippen LogP contribution in [0.25, 0.3) is 0 Å². The summed E-state index contributed by atoms with van der Waals surface area (Å²) >= 11 is 0. The minimum atomic E-state index is -0.800. The zero-order valence-corrected chi connectivity index (χ0v) is 14.7. The molecule has 0 aliphatic carbocycles. The number of benzene rings is 2. The molecule has 7 heteroatoms.